The van der Waals surface area contributed by atoms with E-state index < -0.39 is 59.8 Å². The van der Waals surface area contributed by atoms with Gasteiger partial charge in [-0.15, -0.1) is 0 Å². The van der Waals surface area contributed by atoms with Gasteiger partial charge in [-0.05, 0) is 0 Å². The van der Waals surface area contributed by atoms with E-state index in [1.807, 2.05) is 0 Å². The van der Waals surface area contributed by atoms with Crippen molar-refractivity contribution in [2.24, 2.45) is 0 Å². The van der Waals surface area contributed by atoms with Crippen LogP contribution in [0.15, 0.2) is 0 Å². The number of hydrogen-bond acceptors (Lipinski definition) is 4. The Hall–Kier alpha value is -0.300. The Bertz CT molecular complexity index is 426. The van der Waals surface area contributed by atoms with Crippen LogP contribution in [0.25, 0.3) is 0 Å². The quantitative estimate of drug-likeness (QED) is 0.254. The number of hydrogen-bond donors (Lipinski definition) is 2. The molecule has 0 saturated carbocycles. The average Bonchev–Trinajstić information content (AvgIpc) is 2.40. The van der Waals surface area contributed by atoms with E-state index in [-0.39, 0.29) is 0 Å². The van der Waals surface area contributed by atoms with Crippen LogP contribution in [-0.4, -0.2) is 61.5 Å². The summed E-state index contributed by atoms with van der Waals surface area (Å²) in [6, 6.07) is -0.500. The molecule has 0 bridgehead atoms. The molecular weight excluding hydrogens is 459 g/mol. The first-order valence-electron chi connectivity index (χ1n) is 6.82. The first-order chi connectivity index (χ1) is 10.6. The minimum absolute atomic E-state index is 0.461. The Morgan fingerprint density at radius 2 is 1.58 bits per heavy atom. The van der Waals surface area contributed by atoms with Gasteiger partial charge in [0.2, 0.25) is 0 Å². The number of aliphatic hydroxyl groups is 1. The minimum atomic E-state index is -6.02. The second-order valence-electron chi connectivity index (χ2n) is 5.54. The van der Waals surface area contributed by atoms with E-state index in [0.29, 0.717) is 6.54 Å². The fourth-order valence-corrected chi connectivity index (χ4v) is 4.92. The summed E-state index contributed by atoms with van der Waals surface area (Å²) in [5, 5.41) is 12.0. The van der Waals surface area contributed by atoms with Gasteiger partial charge in [-0.1, -0.05) is 0 Å². The summed E-state index contributed by atoms with van der Waals surface area (Å²) in [7, 11) is 0. The third-order valence-electron chi connectivity index (χ3n) is 3.86. The Morgan fingerprint density at radius 1 is 1.17 bits per heavy atom. The van der Waals surface area contributed by atoms with Gasteiger partial charge >= 0.3 is 143 Å². The second kappa shape index (κ2) is 7.94. The molecule has 24 heavy (non-hydrogen) atoms. The van der Waals surface area contributed by atoms with Gasteiger partial charge in [0.15, 0.2) is 0 Å². The molecule has 0 rings (SSSR count). The number of carbonyl (C=O) groups is 1. The van der Waals surface area contributed by atoms with Crippen LogP contribution in [0.3, 0.4) is 0 Å². The van der Waals surface area contributed by atoms with Crippen molar-refractivity contribution in [3.05, 3.63) is 0 Å². The molecule has 0 saturated heterocycles. The third-order valence-corrected chi connectivity index (χ3v) is 9.71. The van der Waals surface area contributed by atoms with E-state index in [4.69, 9.17) is 5.11 Å². The van der Waals surface area contributed by atoms with E-state index in [9.17, 15) is 31.1 Å². The monoisotopic (exact) mass is 481 g/mol. The SMILES string of the molecule is CCNC(C)C(C)(C(=O)OCC(O)(C(F)(F)F)C(F)(F)F)I(C)C. The van der Waals surface area contributed by atoms with Gasteiger partial charge in [0.1, 0.15) is 0 Å². The zero-order chi connectivity index (χ0) is 19.6. The summed E-state index contributed by atoms with van der Waals surface area (Å²) in [5.74, 6) is -1.18. The molecule has 0 aromatic rings. The van der Waals surface area contributed by atoms with Crippen LogP contribution in [0, 0.1) is 0 Å². The Balaban J connectivity index is 5.47. The van der Waals surface area contributed by atoms with Crippen molar-refractivity contribution in [2.45, 2.75) is 48.2 Å². The van der Waals surface area contributed by atoms with E-state index in [1.165, 1.54) is 6.92 Å². The zero-order valence-electron chi connectivity index (χ0n) is 13.9. The predicted molar refractivity (Wildman–Crippen MR) is 85.4 cm³/mol. The van der Waals surface area contributed by atoms with Crippen molar-refractivity contribution in [1.82, 2.24) is 5.32 Å². The number of halogens is 7. The van der Waals surface area contributed by atoms with Crippen molar-refractivity contribution < 1.29 is 41.0 Å². The maximum absolute atomic E-state index is 12.6. The van der Waals surface area contributed by atoms with E-state index in [1.54, 1.807) is 23.7 Å². The number of alkyl halides is 9. The van der Waals surface area contributed by atoms with Gasteiger partial charge in [0, 0.05) is 0 Å². The van der Waals surface area contributed by atoms with E-state index in [2.05, 4.69) is 10.1 Å². The molecular formula is C13H22F6INO3. The number of nitrogens with one attached hydrogen (secondary N) is 1. The summed E-state index contributed by atoms with van der Waals surface area (Å²) < 4.78 is 78.8. The van der Waals surface area contributed by atoms with Crippen molar-refractivity contribution in [3.63, 3.8) is 0 Å². The number of carbonyl (C=O) groups excluding carboxylic acids is 1. The molecule has 0 aliphatic rings. The van der Waals surface area contributed by atoms with Gasteiger partial charge in [-0.2, -0.15) is 0 Å². The molecule has 11 heteroatoms. The Kier molecular flexibility index (Phi) is 7.84. The molecule has 0 aromatic carbocycles. The molecule has 0 radical (unpaired) electrons. The Morgan fingerprint density at radius 3 is 1.88 bits per heavy atom. The molecule has 0 heterocycles. The molecule has 2 N–H and O–H groups in total. The topological polar surface area (TPSA) is 58.6 Å². The number of rotatable bonds is 7. The van der Waals surface area contributed by atoms with Crippen LogP contribution in [0.2, 0.25) is 0 Å². The first kappa shape index (κ1) is 23.7. The predicted octanol–water partition coefficient (Wildman–Crippen LogP) is 2.91. The average molecular weight is 481 g/mol. The van der Waals surface area contributed by atoms with E-state index >= 15 is 0 Å². The molecule has 4 nitrogen and oxygen atoms in total. The summed E-state index contributed by atoms with van der Waals surface area (Å²) in [5.41, 5.74) is -5.10. The molecule has 2 atom stereocenters. The van der Waals surface area contributed by atoms with Gasteiger partial charge in [0.25, 0.3) is 0 Å². The maximum atomic E-state index is 12.6. The van der Waals surface area contributed by atoms with Crippen LogP contribution in [0.1, 0.15) is 20.8 Å². The summed E-state index contributed by atoms with van der Waals surface area (Å²) in [6.45, 7) is 3.05. The third kappa shape index (κ3) is 4.65. The fraction of sp³-hybridized carbons (Fsp3) is 0.923. The van der Waals surface area contributed by atoms with Gasteiger partial charge in [-0.25, -0.2) is 0 Å². The molecule has 0 fully saturated rings. The van der Waals surface area contributed by atoms with Gasteiger partial charge < -0.3 is 0 Å². The first-order valence-corrected chi connectivity index (χ1v) is 12.2. The zero-order valence-corrected chi connectivity index (χ0v) is 16.1. The molecule has 0 spiro atoms. The summed E-state index contributed by atoms with van der Waals surface area (Å²) >= 11 is -2.09. The number of ether oxygens (including phenoxy) is 1. The fourth-order valence-electron chi connectivity index (χ4n) is 1.79. The molecule has 2 unspecified atom stereocenters. The number of esters is 1. The van der Waals surface area contributed by atoms with E-state index in [0.717, 1.165) is 0 Å². The second-order valence-corrected chi connectivity index (χ2v) is 12.1. The summed E-state index contributed by atoms with van der Waals surface area (Å²) in [4.78, 5) is 15.8. The van der Waals surface area contributed by atoms with Crippen LogP contribution in [-0.2, 0) is 9.53 Å². The van der Waals surface area contributed by atoms with Crippen molar-refractivity contribution in [1.29, 1.82) is 0 Å². The Labute approximate surface area is 143 Å². The van der Waals surface area contributed by atoms with Crippen LogP contribution in [0.5, 0.6) is 0 Å². The van der Waals surface area contributed by atoms with Gasteiger partial charge in [0.05, 0.1) is 0 Å². The van der Waals surface area contributed by atoms with Crippen molar-refractivity contribution >= 4 is 25.8 Å². The molecule has 0 aromatic heterocycles. The molecule has 0 aliphatic heterocycles. The summed E-state index contributed by atoms with van der Waals surface area (Å²) in [6.07, 6.45) is -12.0. The molecule has 146 valence electrons. The van der Waals surface area contributed by atoms with Gasteiger partial charge in [-0.3, -0.25) is 0 Å². The standard InChI is InChI=1S/C13H22F6INO3/c1-6-21-8(2)10(3,20(4)5)9(22)24-7-11(23,12(14,15)16)13(17,18)19/h8,21,23H,6-7H2,1-5H3. The molecule has 0 amide bonds. The van der Waals surface area contributed by atoms with Crippen LogP contribution in [0.4, 0.5) is 26.3 Å². The van der Waals surface area contributed by atoms with Crippen molar-refractivity contribution in [2.75, 3.05) is 23.0 Å². The van der Waals surface area contributed by atoms with Crippen LogP contribution < -0.4 is 5.32 Å². The normalized spacial score (nSPS) is 17.9. The molecule has 0 aliphatic carbocycles. The van der Waals surface area contributed by atoms with Crippen molar-refractivity contribution in [3.8, 4) is 0 Å². The van der Waals surface area contributed by atoms with Crippen LogP contribution >= 0.6 is 19.8 Å².